The third-order valence-corrected chi connectivity index (χ3v) is 12.7. The summed E-state index contributed by atoms with van der Waals surface area (Å²) in [4.78, 5) is 26.5. The minimum absolute atomic E-state index is 0.233. The van der Waals surface area contributed by atoms with Gasteiger partial charge in [0, 0.05) is 6.54 Å². The van der Waals surface area contributed by atoms with Gasteiger partial charge in [-0.2, -0.15) is 0 Å². The van der Waals surface area contributed by atoms with Crippen molar-refractivity contribution in [3.05, 3.63) is 12.3 Å². The van der Waals surface area contributed by atoms with Gasteiger partial charge in [-0.1, -0.05) is 243 Å². The minimum Gasteiger partial charge on any atom is -0.351 e. The fourth-order valence-electron chi connectivity index (χ4n) is 8.38. The Morgan fingerprint density at radius 3 is 0.853 bits per heavy atom. The second kappa shape index (κ2) is 42.1. The molecule has 0 saturated carbocycles. The van der Waals surface area contributed by atoms with Crippen molar-refractivity contribution >= 4 is 11.8 Å². The molecule has 0 aromatic rings. The van der Waals surface area contributed by atoms with Gasteiger partial charge in [0.25, 0.3) is 11.8 Å². The predicted molar refractivity (Wildman–Crippen MR) is 292 cm³/mol. The molecule has 0 bridgehead atoms. The molecule has 0 aromatic heterocycles. The van der Waals surface area contributed by atoms with Crippen LogP contribution in [0.5, 0.6) is 0 Å². The molecule has 0 radical (unpaired) electrons. The van der Waals surface area contributed by atoms with Gasteiger partial charge in [0.15, 0.2) is 0 Å². The summed E-state index contributed by atoms with van der Waals surface area (Å²) < 4.78 is 24.2. The van der Waals surface area contributed by atoms with Gasteiger partial charge in [0.1, 0.15) is 0 Å². The first-order chi connectivity index (χ1) is 32.2. The van der Waals surface area contributed by atoms with E-state index in [1.165, 1.54) is 154 Å². The highest BCUT2D eigenvalue weighted by atomic mass is 16.7. The summed E-state index contributed by atoms with van der Waals surface area (Å²) in [5.74, 6) is -0.519. The van der Waals surface area contributed by atoms with Crippen molar-refractivity contribution in [3.8, 4) is 0 Å². The van der Waals surface area contributed by atoms with Crippen LogP contribution in [0, 0.1) is 21.7 Å². The van der Waals surface area contributed by atoms with Gasteiger partial charge in [-0.25, -0.2) is 0 Å². The Morgan fingerprint density at radius 1 is 0.353 bits per heavy atom. The van der Waals surface area contributed by atoms with Crippen LogP contribution in [0.2, 0.25) is 0 Å². The normalized spacial score (nSPS) is 12.9. The monoisotopic (exact) mass is 963 g/mol. The number of hydrogen-bond donors (Lipinski definition) is 2. The van der Waals surface area contributed by atoms with Gasteiger partial charge in [-0.05, 0) is 85.6 Å². The van der Waals surface area contributed by atoms with Crippen LogP contribution in [0.1, 0.15) is 295 Å². The molecular formula is C60H118N2O6. The Labute approximate surface area is 423 Å². The van der Waals surface area contributed by atoms with E-state index in [0.717, 1.165) is 51.4 Å². The number of rotatable bonds is 46. The van der Waals surface area contributed by atoms with E-state index >= 15 is 0 Å². The van der Waals surface area contributed by atoms with Crippen molar-refractivity contribution < 1.29 is 28.5 Å². The third kappa shape index (κ3) is 50.9. The molecule has 0 aliphatic rings. The maximum Gasteiger partial charge on any atom is 0.280 e. The van der Waals surface area contributed by atoms with Crippen molar-refractivity contribution in [1.29, 1.82) is 0 Å². The topological polar surface area (TPSA) is 95.1 Å². The second-order valence-corrected chi connectivity index (χ2v) is 25.3. The van der Waals surface area contributed by atoms with Crippen LogP contribution in [0.15, 0.2) is 12.3 Å². The SMILES string of the molecule is CC(C)(C)CCCCCCCCCOC(OCCCCCCCCCC(C)(C)C)C(=O)N/C=C/CCNC(=O)C(OCCCCCCCCCC(C)(C)C)OCCCCCCCCCC(C)(C)C. The summed E-state index contributed by atoms with van der Waals surface area (Å²) in [7, 11) is 0. The largest absolute Gasteiger partial charge is 0.351 e. The van der Waals surface area contributed by atoms with Crippen LogP contribution in [-0.2, 0) is 28.5 Å². The molecule has 0 atom stereocenters. The number of carbonyl (C=O) groups is 2. The summed E-state index contributed by atoms with van der Waals surface area (Å²) in [6.07, 6.45) is 40.9. The van der Waals surface area contributed by atoms with Gasteiger partial charge >= 0.3 is 0 Å². The van der Waals surface area contributed by atoms with Gasteiger partial charge in [0.05, 0.1) is 26.4 Å². The molecule has 404 valence electrons. The lowest BCUT2D eigenvalue weighted by Gasteiger charge is -2.18. The average molecular weight is 964 g/mol. The summed E-state index contributed by atoms with van der Waals surface area (Å²) in [5, 5.41) is 5.88. The molecule has 8 heteroatoms. The lowest BCUT2D eigenvalue weighted by molar-refractivity contribution is -0.173. The maximum atomic E-state index is 13.3. The lowest BCUT2D eigenvalue weighted by Crippen LogP contribution is -2.39. The number of unbranched alkanes of at least 4 members (excludes halogenated alkanes) is 24. The van der Waals surface area contributed by atoms with E-state index in [9.17, 15) is 9.59 Å². The standard InChI is InChI=1S/C60H118N2O6/c1-57(2,3)43-33-25-17-13-21-29-39-49-65-55(66-50-40-30-22-14-18-26-34-44-58(4,5)6)53(63)61-47-37-38-48-62-54(64)56(67-51-41-31-23-15-19-27-35-45-59(7,8)9)68-52-42-32-24-16-20-28-36-46-60(10,11)12/h37,47,55-56H,13-36,38-46,48-52H2,1-12H3,(H,61,63)(H,62,64)/b47-37+. The van der Waals surface area contributed by atoms with E-state index in [-0.39, 0.29) is 11.8 Å². The zero-order valence-electron chi connectivity index (χ0n) is 47.6. The van der Waals surface area contributed by atoms with E-state index in [4.69, 9.17) is 18.9 Å². The van der Waals surface area contributed by atoms with E-state index in [0.29, 0.717) is 61.1 Å². The molecule has 68 heavy (non-hydrogen) atoms. The van der Waals surface area contributed by atoms with Crippen LogP contribution in [0.3, 0.4) is 0 Å². The molecule has 0 aliphatic carbocycles. The van der Waals surface area contributed by atoms with Gasteiger partial charge in [0.2, 0.25) is 12.6 Å². The highest BCUT2D eigenvalue weighted by molar-refractivity contribution is 5.80. The zero-order chi connectivity index (χ0) is 50.8. The highest BCUT2D eigenvalue weighted by Gasteiger charge is 2.21. The van der Waals surface area contributed by atoms with E-state index < -0.39 is 12.6 Å². The van der Waals surface area contributed by atoms with Gasteiger partial charge < -0.3 is 29.6 Å². The molecule has 0 heterocycles. The quantitative estimate of drug-likeness (QED) is 0.0466. The third-order valence-electron chi connectivity index (χ3n) is 12.7. The molecule has 0 spiro atoms. The fourth-order valence-corrected chi connectivity index (χ4v) is 8.38. The fraction of sp³-hybridized carbons (Fsp3) is 0.933. The Hall–Kier alpha value is -1.48. The average Bonchev–Trinajstić information content (AvgIpc) is 3.24. The van der Waals surface area contributed by atoms with Crippen molar-refractivity contribution in [2.45, 2.75) is 308 Å². The zero-order valence-corrected chi connectivity index (χ0v) is 47.6. The van der Waals surface area contributed by atoms with Crippen molar-refractivity contribution in [3.63, 3.8) is 0 Å². The molecule has 0 aliphatic heterocycles. The van der Waals surface area contributed by atoms with Crippen molar-refractivity contribution in [2.24, 2.45) is 21.7 Å². The predicted octanol–water partition coefficient (Wildman–Crippen LogP) is 17.5. The molecule has 0 aromatic carbocycles. The molecule has 2 amide bonds. The second-order valence-electron chi connectivity index (χ2n) is 25.3. The highest BCUT2D eigenvalue weighted by Crippen LogP contribution is 2.26. The number of nitrogens with one attached hydrogen (secondary N) is 2. The number of carbonyl (C=O) groups excluding carboxylic acids is 2. The Morgan fingerprint density at radius 2 is 0.588 bits per heavy atom. The number of hydrogen-bond acceptors (Lipinski definition) is 6. The first kappa shape index (κ1) is 66.5. The number of ether oxygens (including phenoxy) is 4. The van der Waals surface area contributed by atoms with Crippen LogP contribution in [-0.4, -0.2) is 57.4 Å². The van der Waals surface area contributed by atoms with E-state index in [2.05, 4.69) is 93.7 Å². The van der Waals surface area contributed by atoms with Gasteiger partial charge in [-0.3, -0.25) is 9.59 Å². The molecule has 0 fully saturated rings. The Bertz CT molecular complexity index is 1110. The smallest absolute Gasteiger partial charge is 0.280 e. The number of amides is 2. The van der Waals surface area contributed by atoms with Crippen LogP contribution in [0.4, 0.5) is 0 Å². The van der Waals surface area contributed by atoms with E-state index in [1.807, 2.05) is 6.08 Å². The Kier molecular flexibility index (Phi) is 41.2. The van der Waals surface area contributed by atoms with Crippen LogP contribution in [0.25, 0.3) is 0 Å². The van der Waals surface area contributed by atoms with Gasteiger partial charge in [-0.15, -0.1) is 0 Å². The molecule has 8 nitrogen and oxygen atoms in total. The van der Waals surface area contributed by atoms with Crippen LogP contribution >= 0.6 is 0 Å². The first-order valence-electron chi connectivity index (χ1n) is 28.9. The Balaban J connectivity index is 4.88. The van der Waals surface area contributed by atoms with Crippen molar-refractivity contribution in [2.75, 3.05) is 33.0 Å². The molecule has 0 rings (SSSR count). The summed E-state index contributed by atoms with van der Waals surface area (Å²) >= 11 is 0. The first-order valence-corrected chi connectivity index (χ1v) is 28.9. The van der Waals surface area contributed by atoms with Crippen molar-refractivity contribution in [1.82, 2.24) is 10.6 Å². The van der Waals surface area contributed by atoms with E-state index in [1.54, 1.807) is 6.20 Å². The molecule has 0 unspecified atom stereocenters. The maximum absolute atomic E-state index is 13.3. The van der Waals surface area contributed by atoms with Crippen LogP contribution < -0.4 is 10.6 Å². The molecule has 2 N–H and O–H groups in total. The summed E-state index contributed by atoms with van der Waals surface area (Å²) in [6, 6.07) is 0. The lowest BCUT2D eigenvalue weighted by atomic mass is 9.89. The minimum atomic E-state index is -0.930. The molecule has 0 saturated heterocycles. The summed E-state index contributed by atoms with van der Waals surface area (Å²) in [6.45, 7) is 30.3. The molecular weight excluding hydrogens is 845 g/mol. The summed E-state index contributed by atoms with van der Waals surface area (Å²) in [5.41, 5.74) is 1.69.